The summed E-state index contributed by atoms with van der Waals surface area (Å²) in [5, 5.41) is 18.7. The van der Waals surface area contributed by atoms with Crippen molar-refractivity contribution in [2.75, 3.05) is 25.1 Å². The molecule has 2 atom stereocenters. The second-order valence-electron chi connectivity index (χ2n) is 7.10. The third kappa shape index (κ3) is 3.48. The van der Waals surface area contributed by atoms with Gasteiger partial charge in [-0.05, 0) is 44.2 Å². The number of nitrogens with one attached hydrogen (secondary N) is 1. The number of aromatic amines is 1. The van der Waals surface area contributed by atoms with E-state index in [2.05, 4.69) is 15.2 Å². The van der Waals surface area contributed by atoms with Crippen molar-refractivity contribution in [3.63, 3.8) is 0 Å². The normalized spacial score (nSPS) is 20.0. The number of nitrogens with zero attached hydrogens (tertiary/aromatic N) is 3. The number of fused-ring (bicyclic) bond motifs is 1. The van der Waals surface area contributed by atoms with Crippen molar-refractivity contribution in [1.82, 2.24) is 15.2 Å². The molecular formula is C20H24N4O3. The third-order valence-electron chi connectivity index (χ3n) is 4.79. The Morgan fingerprint density at radius 1 is 1.22 bits per heavy atom. The Bertz CT molecular complexity index is 940. The zero-order chi connectivity index (χ0) is 19.0. The Kier molecular flexibility index (Phi) is 4.72. The number of rotatable bonds is 5. The topological polar surface area (TPSA) is 83.5 Å². The standard InChI is InChI=1S/C20H24N4O3/c1-12(2)27-14-4-5-16-15(9-14)20(23-22-16)13-6-7-21-19(8-13)24-10-17(25)18(11-24)26-3/h4-9,12,17-18,25H,10-11H2,1-3H3,(H,22,23)/t17-,18-/m0/s1. The molecular weight excluding hydrogens is 344 g/mol. The molecule has 0 aliphatic carbocycles. The molecule has 27 heavy (non-hydrogen) atoms. The summed E-state index contributed by atoms with van der Waals surface area (Å²) in [6.07, 6.45) is 1.17. The first-order valence-corrected chi connectivity index (χ1v) is 9.12. The van der Waals surface area contributed by atoms with Crippen molar-refractivity contribution in [3.05, 3.63) is 36.5 Å². The van der Waals surface area contributed by atoms with Gasteiger partial charge in [0.25, 0.3) is 0 Å². The Balaban J connectivity index is 1.68. The fraction of sp³-hybridized carbons (Fsp3) is 0.400. The van der Waals surface area contributed by atoms with Gasteiger partial charge in [0.15, 0.2) is 0 Å². The SMILES string of the molecule is CO[C@H]1CN(c2cc(-c3n[nH]c4ccc(OC(C)C)cc34)ccn2)C[C@@H]1O. The third-order valence-corrected chi connectivity index (χ3v) is 4.79. The van der Waals surface area contributed by atoms with Crippen LogP contribution < -0.4 is 9.64 Å². The summed E-state index contributed by atoms with van der Waals surface area (Å²) < 4.78 is 11.1. The fourth-order valence-corrected chi connectivity index (χ4v) is 3.47. The van der Waals surface area contributed by atoms with Gasteiger partial charge in [-0.15, -0.1) is 0 Å². The monoisotopic (exact) mass is 368 g/mol. The van der Waals surface area contributed by atoms with Crippen LogP contribution in [-0.4, -0.2) is 58.8 Å². The van der Waals surface area contributed by atoms with E-state index in [0.29, 0.717) is 13.1 Å². The van der Waals surface area contributed by atoms with Crippen molar-refractivity contribution in [2.24, 2.45) is 0 Å². The summed E-state index contributed by atoms with van der Waals surface area (Å²) in [6, 6.07) is 9.87. The molecule has 7 heteroatoms. The highest BCUT2D eigenvalue weighted by Crippen LogP contribution is 2.31. The molecule has 4 rings (SSSR count). The zero-order valence-electron chi connectivity index (χ0n) is 15.7. The molecule has 2 aromatic heterocycles. The lowest BCUT2D eigenvalue weighted by Crippen LogP contribution is -2.25. The van der Waals surface area contributed by atoms with Gasteiger partial charge in [0.05, 0.1) is 17.7 Å². The Morgan fingerprint density at radius 2 is 2.07 bits per heavy atom. The number of anilines is 1. The molecule has 0 unspecified atom stereocenters. The molecule has 1 saturated heterocycles. The van der Waals surface area contributed by atoms with Gasteiger partial charge in [-0.2, -0.15) is 5.10 Å². The number of β-amino-alcohol motifs (C(OH)–C–C–N with tert-alkyl or cyclic N) is 1. The van der Waals surface area contributed by atoms with E-state index in [4.69, 9.17) is 9.47 Å². The van der Waals surface area contributed by atoms with Crippen LogP contribution in [0.2, 0.25) is 0 Å². The number of ether oxygens (including phenoxy) is 2. The number of aliphatic hydroxyl groups excluding tert-OH is 1. The van der Waals surface area contributed by atoms with E-state index in [0.717, 1.165) is 33.7 Å². The highest BCUT2D eigenvalue weighted by atomic mass is 16.5. The van der Waals surface area contributed by atoms with E-state index in [-0.39, 0.29) is 12.2 Å². The molecule has 142 valence electrons. The van der Waals surface area contributed by atoms with Gasteiger partial charge in [-0.1, -0.05) is 0 Å². The van der Waals surface area contributed by atoms with Crippen LogP contribution in [0.5, 0.6) is 5.75 Å². The molecule has 1 aliphatic heterocycles. The summed E-state index contributed by atoms with van der Waals surface area (Å²) in [7, 11) is 1.62. The van der Waals surface area contributed by atoms with Crippen LogP contribution in [0, 0.1) is 0 Å². The van der Waals surface area contributed by atoms with Crippen molar-refractivity contribution < 1.29 is 14.6 Å². The molecule has 0 amide bonds. The predicted molar refractivity (Wildman–Crippen MR) is 104 cm³/mol. The maximum absolute atomic E-state index is 10.1. The Morgan fingerprint density at radius 3 is 2.81 bits per heavy atom. The zero-order valence-corrected chi connectivity index (χ0v) is 15.7. The number of methoxy groups -OCH3 is 1. The van der Waals surface area contributed by atoms with Crippen LogP contribution in [0.25, 0.3) is 22.2 Å². The number of hydrogen-bond acceptors (Lipinski definition) is 6. The minimum absolute atomic E-state index is 0.112. The molecule has 0 spiro atoms. The fourth-order valence-electron chi connectivity index (χ4n) is 3.47. The lowest BCUT2D eigenvalue weighted by Gasteiger charge is -2.17. The first-order valence-electron chi connectivity index (χ1n) is 9.12. The van der Waals surface area contributed by atoms with E-state index in [1.165, 1.54) is 0 Å². The van der Waals surface area contributed by atoms with Gasteiger partial charge in [-0.25, -0.2) is 4.98 Å². The highest BCUT2D eigenvalue weighted by molar-refractivity contribution is 5.94. The molecule has 3 aromatic rings. The van der Waals surface area contributed by atoms with E-state index in [1.807, 2.05) is 49.1 Å². The number of pyridine rings is 1. The van der Waals surface area contributed by atoms with Gasteiger partial charge >= 0.3 is 0 Å². The minimum Gasteiger partial charge on any atom is -0.491 e. The maximum atomic E-state index is 10.1. The van der Waals surface area contributed by atoms with Crippen LogP contribution in [0.1, 0.15) is 13.8 Å². The summed E-state index contributed by atoms with van der Waals surface area (Å²) in [5.74, 6) is 1.62. The minimum atomic E-state index is -0.512. The predicted octanol–water partition coefficient (Wildman–Crippen LogP) is 2.61. The molecule has 0 saturated carbocycles. The molecule has 2 N–H and O–H groups in total. The van der Waals surface area contributed by atoms with Crippen molar-refractivity contribution in [2.45, 2.75) is 32.2 Å². The largest absolute Gasteiger partial charge is 0.491 e. The maximum Gasteiger partial charge on any atom is 0.129 e. The average Bonchev–Trinajstić information content (AvgIpc) is 3.24. The van der Waals surface area contributed by atoms with E-state index >= 15 is 0 Å². The van der Waals surface area contributed by atoms with E-state index in [9.17, 15) is 5.11 Å². The molecule has 1 aromatic carbocycles. The molecule has 0 bridgehead atoms. The number of aromatic nitrogens is 3. The molecule has 0 radical (unpaired) electrons. The molecule has 3 heterocycles. The van der Waals surface area contributed by atoms with Crippen LogP contribution in [-0.2, 0) is 4.74 Å². The molecule has 1 fully saturated rings. The van der Waals surface area contributed by atoms with Gasteiger partial charge in [0.2, 0.25) is 0 Å². The van der Waals surface area contributed by atoms with Crippen LogP contribution >= 0.6 is 0 Å². The average molecular weight is 368 g/mol. The molecule has 1 aliphatic rings. The van der Waals surface area contributed by atoms with Gasteiger partial charge < -0.3 is 19.5 Å². The Labute approximate surface area is 157 Å². The van der Waals surface area contributed by atoms with E-state index < -0.39 is 6.10 Å². The number of H-pyrrole nitrogens is 1. The van der Waals surface area contributed by atoms with Gasteiger partial charge in [0, 0.05) is 37.3 Å². The van der Waals surface area contributed by atoms with Crippen molar-refractivity contribution in [1.29, 1.82) is 0 Å². The number of hydrogen-bond donors (Lipinski definition) is 2. The summed E-state index contributed by atoms with van der Waals surface area (Å²) >= 11 is 0. The quantitative estimate of drug-likeness (QED) is 0.720. The summed E-state index contributed by atoms with van der Waals surface area (Å²) in [4.78, 5) is 6.50. The second-order valence-corrected chi connectivity index (χ2v) is 7.10. The first kappa shape index (κ1) is 17.8. The Hall–Kier alpha value is -2.64. The lowest BCUT2D eigenvalue weighted by molar-refractivity contribution is 0.0217. The van der Waals surface area contributed by atoms with Crippen molar-refractivity contribution in [3.8, 4) is 17.0 Å². The number of benzene rings is 1. The first-order chi connectivity index (χ1) is 13.0. The van der Waals surface area contributed by atoms with Gasteiger partial charge in [0.1, 0.15) is 23.4 Å². The number of aliphatic hydroxyl groups is 1. The van der Waals surface area contributed by atoms with Crippen LogP contribution in [0.3, 0.4) is 0 Å². The van der Waals surface area contributed by atoms with Crippen molar-refractivity contribution >= 4 is 16.7 Å². The second kappa shape index (κ2) is 7.17. The lowest BCUT2D eigenvalue weighted by atomic mass is 10.1. The summed E-state index contributed by atoms with van der Waals surface area (Å²) in [5.41, 5.74) is 2.77. The van der Waals surface area contributed by atoms with Crippen LogP contribution in [0.15, 0.2) is 36.5 Å². The summed E-state index contributed by atoms with van der Waals surface area (Å²) in [6.45, 7) is 5.13. The van der Waals surface area contributed by atoms with E-state index in [1.54, 1.807) is 13.3 Å². The highest BCUT2D eigenvalue weighted by Gasteiger charge is 2.32. The van der Waals surface area contributed by atoms with Crippen LogP contribution in [0.4, 0.5) is 5.82 Å². The van der Waals surface area contributed by atoms with Gasteiger partial charge in [-0.3, -0.25) is 5.10 Å². The smallest absolute Gasteiger partial charge is 0.129 e. The molecule has 7 nitrogen and oxygen atoms in total.